The van der Waals surface area contributed by atoms with Gasteiger partial charge < -0.3 is 19.8 Å². The first kappa shape index (κ1) is 26.8. The third kappa shape index (κ3) is 4.89. The van der Waals surface area contributed by atoms with Gasteiger partial charge in [0, 0.05) is 23.5 Å². The minimum atomic E-state index is -0.932. The fourth-order valence-corrected chi connectivity index (χ4v) is 6.24. The van der Waals surface area contributed by atoms with Crippen LogP contribution in [-0.2, 0) is 27.3 Å². The van der Waals surface area contributed by atoms with Crippen LogP contribution in [-0.4, -0.2) is 28.7 Å². The van der Waals surface area contributed by atoms with Crippen LogP contribution >= 0.6 is 0 Å². The number of aromatic nitrogens is 1. The van der Waals surface area contributed by atoms with Crippen LogP contribution in [0.4, 0.5) is 4.79 Å². The number of amides is 1. The number of hydrogen-bond acceptors (Lipinski definition) is 4. The number of benzene rings is 6. The number of carbonyl (C=O) groups excluding carboxylic acids is 2. The molecule has 0 unspecified atom stereocenters. The average Bonchev–Trinajstić information content (AvgIpc) is 3.40. The number of rotatable bonds is 6. The van der Waals surface area contributed by atoms with E-state index in [1.807, 2.05) is 36.5 Å². The second-order valence-electron chi connectivity index (χ2n) is 12.1. The minimum absolute atomic E-state index is 0.0747. The van der Waals surface area contributed by atoms with Crippen molar-refractivity contribution in [3.63, 3.8) is 0 Å². The number of ether oxygens (including phenoxy) is 2. The molecule has 1 heterocycles. The summed E-state index contributed by atoms with van der Waals surface area (Å²) in [7, 11) is 0. The first-order chi connectivity index (χ1) is 20.8. The van der Waals surface area contributed by atoms with E-state index in [0.717, 1.165) is 32.8 Å². The van der Waals surface area contributed by atoms with E-state index in [-0.39, 0.29) is 13.0 Å². The molecule has 1 aromatic heterocycles. The van der Waals surface area contributed by atoms with E-state index in [2.05, 4.69) is 71.0 Å². The molecular formula is C37H32N2O4. The molecule has 0 aliphatic rings. The largest absolute Gasteiger partial charge is 0.459 e. The van der Waals surface area contributed by atoms with Gasteiger partial charge in [-0.2, -0.15) is 0 Å². The number of nitrogens with one attached hydrogen (secondary N) is 2. The Hall–Kier alpha value is -5.10. The summed E-state index contributed by atoms with van der Waals surface area (Å²) in [6, 6.07) is 30.3. The number of fused-ring (bicyclic) bond motifs is 3. The van der Waals surface area contributed by atoms with Gasteiger partial charge in [-0.1, -0.05) is 84.9 Å². The summed E-state index contributed by atoms with van der Waals surface area (Å²) in [6.45, 7) is 5.44. The number of esters is 1. The van der Waals surface area contributed by atoms with Crippen LogP contribution in [0.2, 0.25) is 0 Å². The Kier molecular flexibility index (Phi) is 6.42. The third-order valence-corrected chi connectivity index (χ3v) is 8.06. The summed E-state index contributed by atoms with van der Waals surface area (Å²) in [6.07, 6.45) is 1.46. The second kappa shape index (κ2) is 10.3. The van der Waals surface area contributed by atoms with E-state index in [4.69, 9.17) is 9.47 Å². The Labute approximate surface area is 248 Å². The Bertz CT molecular complexity index is 2100. The molecular weight excluding hydrogens is 536 g/mol. The molecule has 0 bridgehead atoms. The van der Waals surface area contributed by atoms with Crippen molar-refractivity contribution in [2.24, 2.45) is 0 Å². The van der Waals surface area contributed by atoms with Crippen LogP contribution in [0, 0.1) is 0 Å². The number of hydrogen-bond donors (Lipinski definition) is 2. The first-order valence-electron chi connectivity index (χ1n) is 14.5. The van der Waals surface area contributed by atoms with Gasteiger partial charge in [-0.05, 0) is 81.1 Å². The van der Waals surface area contributed by atoms with Crippen molar-refractivity contribution in [3.8, 4) is 0 Å². The minimum Gasteiger partial charge on any atom is -0.459 e. The van der Waals surface area contributed by atoms with Crippen LogP contribution in [0.15, 0.2) is 97.2 Å². The van der Waals surface area contributed by atoms with Crippen LogP contribution in [0.3, 0.4) is 0 Å². The van der Waals surface area contributed by atoms with Gasteiger partial charge in [0.1, 0.15) is 18.2 Å². The van der Waals surface area contributed by atoms with Gasteiger partial charge in [0.05, 0.1) is 0 Å². The van der Waals surface area contributed by atoms with Crippen LogP contribution in [0.5, 0.6) is 0 Å². The highest BCUT2D eigenvalue weighted by molar-refractivity contribution is 6.33. The molecule has 0 aliphatic heterocycles. The molecule has 1 atom stereocenters. The zero-order valence-electron chi connectivity index (χ0n) is 24.4. The molecule has 0 saturated heterocycles. The lowest BCUT2D eigenvalue weighted by Gasteiger charge is -2.23. The standard InChI is InChI=1S/C37H32N2O4/c1-37(2,3)43-36(41)39-32(19-24-20-38-31-16-5-4-11-25(24)31)35(40)42-21-23-17-18-30-28-14-7-10-22-9-6-13-27(33(22)28)29-15-8-12-26(23)34(29)30/h4-18,20,32,38H,19,21H2,1-3H3,(H,39,41)/t32-/m0/s1. The molecule has 0 radical (unpaired) electrons. The summed E-state index contributed by atoms with van der Waals surface area (Å²) in [4.78, 5) is 29.6. The number of alkyl carbamates (subject to hydrolysis) is 1. The quantitative estimate of drug-likeness (QED) is 0.120. The number of carbonyl (C=O) groups is 2. The highest BCUT2D eigenvalue weighted by Crippen LogP contribution is 2.41. The number of H-pyrrole nitrogens is 1. The monoisotopic (exact) mass is 568 g/mol. The maximum absolute atomic E-state index is 13.6. The van der Waals surface area contributed by atoms with E-state index in [0.29, 0.717) is 0 Å². The molecule has 43 heavy (non-hydrogen) atoms. The van der Waals surface area contributed by atoms with Gasteiger partial charge in [0.15, 0.2) is 0 Å². The molecule has 2 N–H and O–H groups in total. The molecule has 214 valence electrons. The number of para-hydroxylation sites is 1. The van der Waals surface area contributed by atoms with E-state index in [9.17, 15) is 9.59 Å². The fourth-order valence-electron chi connectivity index (χ4n) is 6.24. The zero-order valence-corrected chi connectivity index (χ0v) is 24.4. The predicted octanol–water partition coefficient (Wildman–Crippen LogP) is 8.40. The molecule has 7 aromatic rings. The van der Waals surface area contributed by atoms with Crippen molar-refractivity contribution in [2.75, 3.05) is 0 Å². The second-order valence-corrected chi connectivity index (χ2v) is 12.1. The smallest absolute Gasteiger partial charge is 0.408 e. The van der Waals surface area contributed by atoms with E-state index >= 15 is 0 Å². The highest BCUT2D eigenvalue weighted by Gasteiger charge is 2.27. The van der Waals surface area contributed by atoms with Crippen molar-refractivity contribution in [1.29, 1.82) is 0 Å². The van der Waals surface area contributed by atoms with Crippen molar-refractivity contribution in [3.05, 3.63) is 108 Å². The van der Waals surface area contributed by atoms with Crippen molar-refractivity contribution < 1.29 is 19.1 Å². The lowest BCUT2D eigenvalue weighted by Crippen LogP contribution is -2.45. The molecule has 0 spiro atoms. The zero-order chi connectivity index (χ0) is 29.7. The molecule has 6 heteroatoms. The molecule has 6 aromatic carbocycles. The predicted molar refractivity (Wildman–Crippen MR) is 173 cm³/mol. The molecule has 0 aliphatic carbocycles. The summed E-state index contributed by atoms with van der Waals surface area (Å²) in [5.74, 6) is -0.522. The van der Waals surface area contributed by atoms with Gasteiger partial charge in [0.2, 0.25) is 0 Å². The Morgan fingerprint density at radius 1 is 0.721 bits per heavy atom. The topological polar surface area (TPSA) is 80.4 Å². The average molecular weight is 569 g/mol. The van der Waals surface area contributed by atoms with Gasteiger partial charge in [-0.15, -0.1) is 0 Å². The van der Waals surface area contributed by atoms with Gasteiger partial charge in [0.25, 0.3) is 0 Å². The maximum atomic E-state index is 13.6. The number of aromatic amines is 1. The highest BCUT2D eigenvalue weighted by atomic mass is 16.6. The Morgan fingerprint density at radius 2 is 1.35 bits per heavy atom. The SMILES string of the molecule is CC(C)(C)OC(=O)N[C@@H](Cc1c[nH]c2ccccc12)C(=O)OCc1ccc2c3cccc4cccc(c5cccc1c52)c43. The van der Waals surface area contributed by atoms with Crippen LogP contribution in [0.1, 0.15) is 31.9 Å². The van der Waals surface area contributed by atoms with Gasteiger partial charge >= 0.3 is 12.1 Å². The van der Waals surface area contributed by atoms with Crippen LogP contribution in [0.25, 0.3) is 54.0 Å². The van der Waals surface area contributed by atoms with Crippen molar-refractivity contribution in [2.45, 2.75) is 45.4 Å². The Morgan fingerprint density at radius 3 is 2.09 bits per heavy atom. The molecule has 0 fully saturated rings. The van der Waals surface area contributed by atoms with Crippen molar-refractivity contribution >= 4 is 66.1 Å². The summed E-state index contributed by atoms with van der Waals surface area (Å²) in [5.41, 5.74) is 2.07. The van der Waals surface area contributed by atoms with Crippen LogP contribution < -0.4 is 5.32 Å². The summed E-state index contributed by atoms with van der Waals surface area (Å²) >= 11 is 0. The lowest BCUT2D eigenvalue weighted by atomic mass is 9.88. The molecule has 0 saturated carbocycles. The normalized spacial score (nSPS) is 12.8. The summed E-state index contributed by atoms with van der Waals surface area (Å²) < 4.78 is 11.4. The molecule has 7 rings (SSSR count). The van der Waals surface area contributed by atoms with E-state index in [1.54, 1.807) is 20.8 Å². The third-order valence-electron chi connectivity index (χ3n) is 8.06. The fraction of sp³-hybridized carbons (Fsp3) is 0.189. The van der Waals surface area contributed by atoms with E-state index < -0.39 is 23.7 Å². The maximum Gasteiger partial charge on any atom is 0.408 e. The van der Waals surface area contributed by atoms with Crippen molar-refractivity contribution in [1.82, 2.24) is 10.3 Å². The Balaban J connectivity index is 1.22. The summed E-state index contributed by atoms with van der Waals surface area (Å²) in [5, 5.41) is 13.2. The van der Waals surface area contributed by atoms with E-state index in [1.165, 1.54) is 32.3 Å². The van der Waals surface area contributed by atoms with Gasteiger partial charge in [-0.25, -0.2) is 9.59 Å². The van der Waals surface area contributed by atoms with Gasteiger partial charge in [-0.3, -0.25) is 0 Å². The first-order valence-corrected chi connectivity index (χ1v) is 14.5. The molecule has 6 nitrogen and oxygen atoms in total. The molecule has 1 amide bonds. The lowest BCUT2D eigenvalue weighted by molar-refractivity contribution is -0.147.